The number of rotatable bonds is 2. The first kappa shape index (κ1) is 13.3. The first-order chi connectivity index (χ1) is 10.2. The summed E-state index contributed by atoms with van der Waals surface area (Å²) in [6, 6.07) is 16.0. The molecule has 1 heterocycles. The second-order valence-corrected chi connectivity index (χ2v) is 4.91. The van der Waals surface area contributed by atoms with Gasteiger partial charge in [0.2, 0.25) is 0 Å². The van der Waals surface area contributed by atoms with Crippen LogP contribution in [0.15, 0.2) is 60.3 Å². The summed E-state index contributed by atoms with van der Waals surface area (Å²) >= 11 is 5.22. The number of aromatic hydroxyl groups is 1. The molecule has 0 saturated carbocycles. The van der Waals surface area contributed by atoms with Crippen molar-refractivity contribution in [1.29, 1.82) is 0 Å². The van der Waals surface area contributed by atoms with Crippen LogP contribution in [-0.2, 0) is 4.79 Å². The Hall–Kier alpha value is -2.66. The normalized spacial score (nSPS) is 16.4. The van der Waals surface area contributed by atoms with Gasteiger partial charge in [-0.05, 0) is 36.5 Å². The fourth-order valence-corrected chi connectivity index (χ4v) is 2.41. The van der Waals surface area contributed by atoms with E-state index in [4.69, 9.17) is 12.2 Å². The predicted molar refractivity (Wildman–Crippen MR) is 85.7 cm³/mol. The Labute approximate surface area is 127 Å². The van der Waals surface area contributed by atoms with Crippen LogP contribution in [0.4, 0.5) is 5.69 Å². The monoisotopic (exact) mass is 296 g/mol. The van der Waals surface area contributed by atoms with Gasteiger partial charge in [0.25, 0.3) is 5.91 Å². The predicted octanol–water partition coefficient (Wildman–Crippen LogP) is 2.65. The maximum atomic E-state index is 12.5. The van der Waals surface area contributed by atoms with Crippen molar-refractivity contribution in [1.82, 2.24) is 5.32 Å². The van der Waals surface area contributed by atoms with E-state index in [0.29, 0.717) is 22.1 Å². The highest BCUT2D eigenvalue weighted by Gasteiger charge is 2.31. The van der Waals surface area contributed by atoms with Gasteiger partial charge < -0.3 is 10.4 Å². The Morgan fingerprint density at radius 3 is 2.43 bits per heavy atom. The summed E-state index contributed by atoms with van der Waals surface area (Å²) in [5.41, 5.74) is 1.61. The summed E-state index contributed by atoms with van der Waals surface area (Å²) in [7, 11) is 0. The van der Waals surface area contributed by atoms with Crippen LogP contribution in [0.2, 0.25) is 0 Å². The van der Waals surface area contributed by atoms with Crippen LogP contribution in [0.25, 0.3) is 6.08 Å². The van der Waals surface area contributed by atoms with Crippen molar-refractivity contribution >= 4 is 35.0 Å². The number of phenols is 1. The Morgan fingerprint density at radius 1 is 1.05 bits per heavy atom. The number of nitrogens with one attached hydrogen (secondary N) is 1. The van der Waals surface area contributed by atoms with Crippen molar-refractivity contribution in [2.75, 3.05) is 4.90 Å². The minimum Gasteiger partial charge on any atom is -0.507 e. The van der Waals surface area contributed by atoms with Gasteiger partial charge in [-0.2, -0.15) is 0 Å². The number of nitrogens with zero attached hydrogens (tertiary/aromatic N) is 1. The second-order valence-electron chi connectivity index (χ2n) is 4.52. The van der Waals surface area contributed by atoms with Gasteiger partial charge in [0.15, 0.2) is 5.11 Å². The van der Waals surface area contributed by atoms with E-state index in [2.05, 4.69) is 5.32 Å². The summed E-state index contributed by atoms with van der Waals surface area (Å²) in [5.74, 6) is -0.127. The molecule has 1 fully saturated rings. The van der Waals surface area contributed by atoms with Crippen LogP contribution in [0.1, 0.15) is 5.56 Å². The smallest absolute Gasteiger partial charge is 0.281 e. The molecule has 0 unspecified atom stereocenters. The maximum Gasteiger partial charge on any atom is 0.281 e. The van der Waals surface area contributed by atoms with Gasteiger partial charge in [0.1, 0.15) is 11.4 Å². The number of carbonyl (C=O) groups is 1. The van der Waals surface area contributed by atoms with Gasteiger partial charge in [-0.3, -0.25) is 9.69 Å². The van der Waals surface area contributed by atoms with E-state index in [0.717, 1.165) is 0 Å². The molecule has 0 spiro atoms. The molecule has 4 nitrogen and oxygen atoms in total. The molecule has 1 aliphatic heterocycles. The van der Waals surface area contributed by atoms with Gasteiger partial charge >= 0.3 is 0 Å². The fraction of sp³-hybridized carbons (Fsp3) is 0. The molecular weight excluding hydrogens is 284 g/mol. The van der Waals surface area contributed by atoms with Crippen LogP contribution in [-0.4, -0.2) is 16.1 Å². The number of benzene rings is 2. The van der Waals surface area contributed by atoms with Crippen LogP contribution in [0.5, 0.6) is 5.75 Å². The molecule has 2 aromatic carbocycles. The molecule has 104 valence electrons. The number of hydrogen-bond donors (Lipinski definition) is 2. The molecule has 2 N–H and O–H groups in total. The van der Waals surface area contributed by atoms with Crippen LogP contribution < -0.4 is 10.2 Å². The summed E-state index contributed by atoms with van der Waals surface area (Å²) in [4.78, 5) is 13.9. The minimum atomic E-state index is -0.241. The zero-order chi connectivity index (χ0) is 14.8. The molecule has 2 aromatic rings. The first-order valence-corrected chi connectivity index (χ1v) is 6.78. The lowest BCUT2D eigenvalue weighted by atomic mass is 10.1. The molecule has 0 bridgehead atoms. The van der Waals surface area contributed by atoms with Crippen molar-refractivity contribution in [3.8, 4) is 5.75 Å². The summed E-state index contributed by atoms with van der Waals surface area (Å²) < 4.78 is 0. The van der Waals surface area contributed by atoms with E-state index < -0.39 is 0 Å². The van der Waals surface area contributed by atoms with Crippen molar-refractivity contribution < 1.29 is 9.90 Å². The van der Waals surface area contributed by atoms with Crippen LogP contribution >= 0.6 is 12.2 Å². The largest absolute Gasteiger partial charge is 0.507 e. The van der Waals surface area contributed by atoms with Crippen LogP contribution in [0.3, 0.4) is 0 Å². The van der Waals surface area contributed by atoms with E-state index >= 15 is 0 Å². The van der Waals surface area contributed by atoms with Crippen molar-refractivity contribution in [3.63, 3.8) is 0 Å². The van der Waals surface area contributed by atoms with Crippen molar-refractivity contribution in [3.05, 3.63) is 65.9 Å². The number of hydrogen-bond acceptors (Lipinski definition) is 3. The molecule has 5 heteroatoms. The quantitative estimate of drug-likeness (QED) is 0.661. The van der Waals surface area contributed by atoms with E-state index in [1.807, 2.05) is 30.3 Å². The molecule has 0 aromatic heterocycles. The van der Waals surface area contributed by atoms with E-state index in [-0.39, 0.29) is 11.7 Å². The lowest BCUT2D eigenvalue weighted by molar-refractivity contribution is -0.113. The molecule has 0 radical (unpaired) electrons. The van der Waals surface area contributed by atoms with E-state index in [9.17, 15) is 9.90 Å². The molecule has 3 rings (SSSR count). The maximum absolute atomic E-state index is 12.5. The van der Waals surface area contributed by atoms with Crippen molar-refractivity contribution in [2.45, 2.75) is 0 Å². The molecule has 1 amide bonds. The Balaban J connectivity index is 1.96. The lowest BCUT2D eigenvalue weighted by Crippen LogP contribution is -2.30. The third kappa shape index (κ3) is 2.51. The molecule has 21 heavy (non-hydrogen) atoms. The molecule has 0 aliphatic carbocycles. The first-order valence-electron chi connectivity index (χ1n) is 6.37. The molecule has 1 saturated heterocycles. The fourth-order valence-electron chi connectivity index (χ4n) is 2.11. The van der Waals surface area contributed by atoms with Gasteiger partial charge in [-0.15, -0.1) is 0 Å². The third-order valence-corrected chi connectivity index (χ3v) is 3.41. The van der Waals surface area contributed by atoms with Gasteiger partial charge in [-0.1, -0.05) is 36.4 Å². The summed E-state index contributed by atoms with van der Waals surface area (Å²) in [6.07, 6.45) is 1.59. The standard InChI is InChI=1S/C16H12N2O2S/c19-14-9-5-4-6-11(14)10-13-15(20)18(16(21)17-13)12-7-2-1-3-8-12/h1-10,19H,(H,17,21)/b13-10-. The average molecular weight is 296 g/mol. The summed E-state index contributed by atoms with van der Waals surface area (Å²) in [6.45, 7) is 0. The number of anilines is 1. The second kappa shape index (κ2) is 5.38. The van der Waals surface area contributed by atoms with Gasteiger partial charge in [-0.25, -0.2) is 0 Å². The highest BCUT2D eigenvalue weighted by atomic mass is 32.1. The minimum absolute atomic E-state index is 0.115. The number of para-hydroxylation sites is 2. The summed E-state index contributed by atoms with van der Waals surface area (Å²) in [5, 5.41) is 13.0. The highest BCUT2D eigenvalue weighted by Crippen LogP contribution is 2.24. The van der Waals surface area contributed by atoms with Gasteiger partial charge in [0, 0.05) is 5.56 Å². The Morgan fingerprint density at radius 2 is 1.71 bits per heavy atom. The number of phenolic OH excluding ortho intramolecular Hbond substituents is 1. The van der Waals surface area contributed by atoms with Crippen molar-refractivity contribution in [2.24, 2.45) is 0 Å². The topological polar surface area (TPSA) is 52.6 Å². The number of thiocarbonyl (C=S) groups is 1. The third-order valence-electron chi connectivity index (χ3n) is 3.13. The van der Waals surface area contributed by atoms with Gasteiger partial charge in [0.05, 0.1) is 5.69 Å². The average Bonchev–Trinajstić information content (AvgIpc) is 2.77. The number of carbonyl (C=O) groups excluding carboxylic acids is 1. The Bertz CT molecular complexity index is 741. The zero-order valence-electron chi connectivity index (χ0n) is 11.0. The van der Waals surface area contributed by atoms with E-state index in [1.165, 1.54) is 4.90 Å². The molecular formula is C16H12N2O2S. The highest BCUT2D eigenvalue weighted by molar-refractivity contribution is 7.80. The SMILES string of the molecule is O=C1/C(=C/c2ccccc2O)NC(=S)N1c1ccccc1. The van der Waals surface area contributed by atoms with Crippen LogP contribution in [0, 0.1) is 0 Å². The molecule has 1 aliphatic rings. The lowest BCUT2D eigenvalue weighted by Gasteiger charge is -2.13. The molecule has 0 atom stereocenters. The number of amides is 1. The van der Waals surface area contributed by atoms with E-state index in [1.54, 1.807) is 30.3 Å². The zero-order valence-corrected chi connectivity index (χ0v) is 11.8. The Kier molecular flexibility index (Phi) is 3.41.